The molecule has 1 aromatic carbocycles. The number of halogens is 4. The number of hydrogen-bond acceptors (Lipinski definition) is 2. The topological polar surface area (TPSA) is 44.4 Å². The van der Waals surface area contributed by atoms with Gasteiger partial charge >= 0.3 is 6.03 Å². The standard InChI is InChI=1S/C11H13Cl3IN3O/c1-18(2)10(19)17-9(11(12,13)14)16-8-5-3-7(15)4-6-8/h3-6,9,16H,1-2H3,(H,17,19)/t9-/m1/s1. The van der Waals surface area contributed by atoms with Crippen LogP contribution in [0.3, 0.4) is 0 Å². The summed E-state index contributed by atoms with van der Waals surface area (Å²) in [6.45, 7) is 0. The van der Waals surface area contributed by atoms with Gasteiger partial charge in [-0.15, -0.1) is 0 Å². The van der Waals surface area contributed by atoms with E-state index in [-0.39, 0.29) is 6.03 Å². The lowest BCUT2D eigenvalue weighted by molar-refractivity contribution is 0.214. The number of benzene rings is 1. The fraction of sp³-hybridized carbons (Fsp3) is 0.364. The van der Waals surface area contributed by atoms with Crippen molar-refractivity contribution in [1.82, 2.24) is 10.2 Å². The van der Waals surface area contributed by atoms with Crippen LogP contribution in [0.4, 0.5) is 10.5 Å². The van der Waals surface area contributed by atoms with Crippen molar-refractivity contribution in [3.8, 4) is 0 Å². The molecule has 0 aliphatic carbocycles. The van der Waals surface area contributed by atoms with Crippen LogP contribution in [-0.2, 0) is 0 Å². The first kappa shape index (κ1) is 16.9. The second-order valence-electron chi connectivity index (χ2n) is 3.97. The summed E-state index contributed by atoms with van der Waals surface area (Å²) in [7, 11) is 3.21. The normalized spacial score (nSPS) is 12.7. The van der Waals surface area contributed by atoms with Crippen LogP contribution in [0.5, 0.6) is 0 Å². The molecule has 0 saturated heterocycles. The van der Waals surface area contributed by atoms with Gasteiger partial charge in [0.1, 0.15) is 6.17 Å². The Bertz CT molecular complexity index is 434. The quantitative estimate of drug-likeness (QED) is 0.432. The zero-order chi connectivity index (χ0) is 14.6. The van der Waals surface area contributed by atoms with E-state index >= 15 is 0 Å². The van der Waals surface area contributed by atoms with Crippen molar-refractivity contribution in [3.63, 3.8) is 0 Å². The maximum Gasteiger partial charge on any atom is 0.318 e. The minimum Gasteiger partial charge on any atom is -0.362 e. The summed E-state index contributed by atoms with van der Waals surface area (Å²) < 4.78 is -0.583. The van der Waals surface area contributed by atoms with Crippen molar-refractivity contribution in [2.75, 3.05) is 19.4 Å². The zero-order valence-corrected chi connectivity index (χ0v) is 14.7. The highest BCUT2D eigenvalue weighted by molar-refractivity contribution is 14.1. The number of carbonyl (C=O) groups is 1. The van der Waals surface area contributed by atoms with Crippen molar-refractivity contribution in [3.05, 3.63) is 27.8 Å². The maximum absolute atomic E-state index is 11.6. The van der Waals surface area contributed by atoms with E-state index in [0.717, 1.165) is 9.26 Å². The minimum atomic E-state index is -1.67. The van der Waals surface area contributed by atoms with Crippen molar-refractivity contribution in [2.24, 2.45) is 0 Å². The van der Waals surface area contributed by atoms with Crippen LogP contribution in [0.25, 0.3) is 0 Å². The number of carbonyl (C=O) groups excluding carboxylic acids is 1. The molecule has 1 aromatic rings. The molecule has 0 radical (unpaired) electrons. The van der Waals surface area contributed by atoms with Gasteiger partial charge in [-0.25, -0.2) is 4.79 Å². The van der Waals surface area contributed by atoms with Crippen LogP contribution in [0.1, 0.15) is 0 Å². The average Bonchev–Trinajstić information content (AvgIpc) is 2.29. The molecule has 0 fully saturated rings. The number of anilines is 1. The molecular weight excluding hydrogens is 423 g/mol. The van der Waals surface area contributed by atoms with E-state index < -0.39 is 9.96 Å². The van der Waals surface area contributed by atoms with Gasteiger partial charge in [0.05, 0.1) is 0 Å². The van der Waals surface area contributed by atoms with Gasteiger partial charge in [0.25, 0.3) is 0 Å². The number of alkyl halides is 3. The Morgan fingerprint density at radius 3 is 2.21 bits per heavy atom. The monoisotopic (exact) mass is 435 g/mol. The van der Waals surface area contributed by atoms with Crippen LogP contribution in [0.15, 0.2) is 24.3 Å². The molecule has 1 atom stereocenters. The number of hydrogen-bond donors (Lipinski definition) is 2. The number of urea groups is 1. The smallest absolute Gasteiger partial charge is 0.318 e. The predicted molar refractivity (Wildman–Crippen MR) is 89.1 cm³/mol. The van der Waals surface area contributed by atoms with Gasteiger partial charge in [0.15, 0.2) is 0 Å². The molecule has 0 aliphatic rings. The molecule has 0 aromatic heterocycles. The summed E-state index contributed by atoms with van der Waals surface area (Å²) in [5.74, 6) is 0. The Morgan fingerprint density at radius 1 is 1.26 bits per heavy atom. The summed E-state index contributed by atoms with van der Waals surface area (Å²) in [6.07, 6.45) is -0.840. The van der Waals surface area contributed by atoms with Crippen LogP contribution in [-0.4, -0.2) is 35.0 Å². The summed E-state index contributed by atoms with van der Waals surface area (Å²) in [4.78, 5) is 13.0. The van der Waals surface area contributed by atoms with Crippen LogP contribution in [0.2, 0.25) is 0 Å². The van der Waals surface area contributed by atoms with Crippen molar-refractivity contribution < 1.29 is 4.79 Å². The first-order valence-corrected chi connectivity index (χ1v) is 7.48. The second-order valence-corrected chi connectivity index (χ2v) is 7.58. The van der Waals surface area contributed by atoms with E-state index in [1.165, 1.54) is 4.90 Å². The minimum absolute atomic E-state index is 0.352. The molecule has 106 valence electrons. The highest BCUT2D eigenvalue weighted by atomic mass is 127. The first-order chi connectivity index (χ1) is 8.70. The first-order valence-electron chi connectivity index (χ1n) is 5.27. The number of rotatable bonds is 3. The number of amides is 2. The zero-order valence-electron chi connectivity index (χ0n) is 10.3. The Labute approximate surface area is 140 Å². The molecule has 0 spiro atoms. The highest BCUT2D eigenvalue weighted by Crippen LogP contribution is 2.31. The van der Waals surface area contributed by atoms with Gasteiger partial charge in [-0.05, 0) is 46.9 Å². The van der Waals surface area contributed by atoms with E-state index in [9.17, 15) is 4.79 Å². The summed E-state index contributed by atoms with van der Waals surface area (Å²) in [6, 6.07) is 7.15. The van der Waals surface area contributed by atoms with Gasteiger partial charge in [0.2, 0.25) is 3.79 Å². The number of nitrogens with one attached hydrogen (secondary N) is 2. The van der Waals surface area contributed by atoms with Gasteiger partial charge in [-0.2, -0.15) is 0 Å². The molecular formula is C11H13Cl3IN3O. The summed E-state index contributed by atoms with van der Waals surface area (Å²) >= 11 is 19.8. The Morgan fingerprint density at radius 2 is 1.79 bits per heavy atom. The maximum atomic E-state index is 11.6. The largest absolute Gasteiger partial charge is 0.362 e. The lowest BCUT2D eigenvalue weighted by atomic mass is 10.3. The van der Waals surface area contributed by atoms with E-state index in [1.54, 1.807) is 14.1 Å². The van der Waals surface area contributed by atoms with E-state index in [4.69, 9.17) is 34.8 Å². The molecule has 4 nitrogen and oxygen atoms in total. The van der Waals surface area contributed by atoms with Crippen LogP contribution >= 0.6 is 57.4 Å². The molecule has 0 saturated carbocycles. The Balaban J connectivity index is 2.81. The van der Waals surface area contributed by atoms with E-state index in [0.29, 0.717) is 0 Å². The molecule has 0 aliphatic heterocycles. The fourth-order valence-corrected chi connectivity index (χ4v) is 1.85. The van der Waals surface area contributed by atoms with E-state index in [2.05, 4.69) is 33.2 Å². The second kappa shape index (κ2) is 7.06. The average molecular weight is 437 g/mol. The Kier molecular flexibility index (Phi) is 6.29. The SMILES string of the molecule is CN(C)C(=O)N[C@@H](Nc1ccc(I)cc1)C(Cl)(Cl)Cl. The van der Waals surface area contributed by atoms with E-state index in [1.807, 2.05) is 24.3 Å². The molecule has 0 unspecified atom stereocenters. The van der Waals surface area contributed by atoms with Crippen molar-refractivity contribution in [2.45, 2.75) is 9.96 Å². The van der Waals surface area contributed by atoms with Crippen molar-refractivity contribution in [1.29, 1.82) is 0 Å². The third-order valence-corrected chi connectivity index (χ3v) is 3.53. The van der Waals surface area contributed by atoms with Gasteiger partial charge in [-0.1, -0.05) is 34.8 Å². The molecule has 0 heterocycles. The lowest BCUT2D eigenvalue weighted by Gasteiger charge is -2.28. The van der Waals surface area contributed by atoms with Crippen molar-refractivity contribution >= 4 is 69.1 Å². The van der Waals surface area contributed by atoms with Gasteiger partial charge in [-0.3, -0.25) is 0 Å². The molecule has 2 N–H and O–H groups in total. The predicted octanol–water partition coefficient (Wildman–Crippen LogP) is 3.67. The highest BCUT2D eigenvalue weighted by Gasteiger charge is 2.34. The van der Waals surface area contributed by atoms with Crippen LogP contribution in [0, 0.1) is 3.57 Å². The molecule has 2 amide bonds. The summed E-state index contributed by atoms with van der Waals surface area (Å²) in [5.41, 5.74) is 0.746. The molecule has 19 heavy (non-hydrogen) atoms. The van der Waals surface area contributed by atoms with Gasteiger partial charge in [0, 0.05) is 23.4 Å². The Hall–Kier alpha value is -0.110. The molecule has 0 bridgehead atoms. The fourth-order valence-electron chi connectivity index (χ4n) is 1.17. The molecule has 1 rings (SSSR count). The third-order valence-electron chi connectivity index (χ3n) is 2.16. The molecule has 8 heteroatoms. The van der Waals surface area contributed by atoms with Crippen LogP contribution < -0.4 is 10.6 Å². The van der Waals surface area contributed by atoms with Gasteiger partial charge < -0.3 is 15.5 Å². The summed E-state index contributed by atoms with van der Waals surface area (Å²) in [5, 5.41) is 5.57. The number of nitrogens with zero attached hydrogens (tertiary/aromatic N) is 1. The third kappa shape index (κ3) is 5.81. The lowest BCUT2D eigenvalue weighted by Crippen LogP contribution is -2.52.